The van der Waals surface area contributed by atoms with E-state index >= 15 is 0 Å². The molecule has 0 aliphatic carbocycles. The van der Waals surface area contributed by atoms with Gasteiger partial charge in [0.05, 0.1) is 13.1 Å². The lowest BCUT2D eigenvalue weighted by molar-refractivity contribution is 0.970. The van der Waals surface area contributed by atoms with Crippen LogP contribution in [0, 0.1) is 0 Å². The smallest absolute Gasteiger partial charge is 0.125 e. The van der Waals surface area contributed by atoms with Gasteiger partial charge in [0.2, 0.25) is 0 Å². The van der Waals surface area contributed by atoms with Crippen molar-refractivity contribution in [1.82, 2.24) is 0 Å². The number of anilines is 2. The zero-order valence-electron chi connectivity index (χ0n) is 12.2. The van der Waals surface area contributed by atoms with Crippen LogP contribution in [0.5, 0.6) is 0 Å². The Hall–Kier alpha value is -3.02. The normalized spacial score (nSPS) is 12.4. The first-order valence-electron chi connectivity index (χ1n) is 6.88. The van der Waals surface area contributed by atoms with Gasteiger partial charge in [-0.15, -0.1) is 0 Å². The molecule has 0 bridgehead atoms. The second kappa shape index (κ2) is 7.12. The molecule has 2 aromatic rings. The maximum Gasteiger partial charge on any atom is 0.125 e. The highest BCUT2D eigenvalue weighted by molar-refractivity contribution is 5.99. The van der Waals surface area contributed by atoms with Crippen molar-refractivity contribution in [3.63, 3.8) is 0 Å². The van der Waals surface area contributed by atoms with E-state index in [0.29, 0.717) is 36.1 Å². The molecule has 0 saturated heterocycles. The van der Waals surface area contributed by atoms with Gasteiger partial charge in [-0.2, -0.15) is 0 Å². The van der Waals surface area contributed by atoms with Crippen LogP contribution in [0.1, 0.15) is 11.1 Å². The van der Waals surface area contributed by atoms with Gasteiger partial charge in [0.25, 0.3) is 0 Å². The molecule has 0 aromatic heterocycles. The highest BCUT2D eigenvalue weighted by Gasteiger charge is 1.99. The first kappa shape index (κ1) is 15.4. The molecule has 0 heterocycles. The summed E-state index contributed by atoms with van der Waals surface area (Å²) in [5.41, 5.74) is 26.1. The van der Waals surface area contributed by atoms with Crippen molar-refractivity contribution in [3.05, 3.63) is 59.7 Å². The van der Waals surface area contributed by atoms with E-state index in [4.69, 9.17) is 22.9 Å². The fourth-order valence-electron chi connectivity index (χ4n) is 1.92. The molecule has 0 aliphatic heterocycles. The molecule has 2 rings (SSSR count). The SMILES string of the molecule is NC(=NCCN=C(N)c1cccc(N)c1)c1cccc(N)c1. The average Bonchev–Trinajstić information content (AvgIpc) is 2.51. The van der Waals surface area contributed by atoms with E-state index in [0.717, 1.165) is 11.1 Å². The van der Waals surface area contributed by atoms with E-state index in [1.54, 1.807) is 24.3 Å². The number of hydrogen-bond donors (Lipinski definition) is 4. The minimum Gasteiger partial charge on any atom is -0.399 e. The maximum atomic E-state index is 5.91. The van der Waals surface area contributed by atoms with Gasteiger partial charge in [0.15, 0.2) is 0 Å². The Morgan fingerprint density at radius 2 is 1.14 bits per heavy atom. The molecule has 0 radical (unpaired) electrons. The van der Waals surface area contributed by atoms with Gasteiger partial charge >= 0.3 is 0 Å². The summed E-state index contributed by atoms with van der Waals surface area (Å²) in [6, 6.07) is 14.6. The van der Waals surface area contributed by atoms with E-state index < -0.39 is 0 Å². The molecule has 6 nitrogen and oxygen atoms in total. The zero-order valence-corrected chi connectivity index (χ0v) is 12.2. The van der Waals surface area contributed by atoms with Crippen LogP contribution < -0.4 is 22.9 Å². The summed E-state index contributed by atoms with van der Waals surface area (Å²) in [5, 5.41) is 0. The standard InChI is InChI=1S/C16H20N6/c17-13-5-1-3-11(9-13)15(19)21-7-8-22-16(20)12-4-2-6-14(18)10-12/h1-6,9-10H,7-8,17-18H2,(H2,19,21)(H2,20,22). The van der Waals surface area contributed by atoms with Gasteiger partial charge in [-0.05, 0) is 24.3 Å². The fraction of sp³-hybridized carbons (Fsp3) is 0.125. The summed E-state index contributed by atoms with van der Waals surface area (Å²) in [6.07, 6.45) is 0. The van der Waals surface area contributed by atoms with Crippen molar-refractivity contribution in [1.29, 1.82) is 0 Å². The Morgan fingerprint density at radius 3 is 1.50 bits per heavy atom. The molecule has 0 aliphatic rings. The van der Waals surface area contributed by atoms with Gasteiger partial charge in [-0.1, -0.05) is 24.3 Å². The third-order valence-corrected chi connectivity index (χ3v) is 3.03. The molecule has 0 fully saturated rings. The van der Waals surface area contributed by atoms with Crippen LogP contribution in [0.4, 0.5) is 11.4 Å². The Morgan fingerprint density at radius 1 is 0.727 bits per heavy atom. The molecule has 2 aromatic carbocycles. The number of amidine groups is 2. The van der Waals surface area contributed by atoms with Crippen molar-refractivity contribution in [3.8, 4) is 0 Å². The average molecular weight is 296 g/mol. The molecule has 114 valence electrons. The highest BCUT2D eigenvalue weighted by Crippen LogP contribution is 2.07. The van der Waals surface area contributed by atoms with E-state index in [1.165, 1.54) is 0 Å². The number of nitrogens with two attached hydrogens (primary N) is 4. The van der Waals surface area contributed by atoms with Crippen molar-refractivity contribution in [2.75, 3.05) is 24.6 Å². The summed E-state index contributed by atoms with van der Waals surface area (Å²) in [4.78, 5) is 8.54. The molecular formula is C16H20N6. The molecule has 0 unspecified atom stereocenters. The minimum atomic E-state index is 0.435. The number of hydrogen-bond acceptors (Lipinski definition) is 4. The molecule has 6 heteroatoms. The molecule has 8 N–H and O–H groups in total. The molecule has 0 atom stereocenters. The van der Waals surface area contributed by atoms with Crippen LogP contribution in [0.3, 0.4) is 0 Å². The quantitative estimate of drug-likeness (QED) is 0.283. The largest absolute Gasteiger partial charge is 0.399 e. The second-order valence-electron chi connectivity index (χ2n) is 4.78. The molecular weight excluding hydrogens is 276 g/mol. The Kier molecular flexibility index (Phi) is 4.98. The third-order valence-electron chi connectivity index (χ3n) is 3.03. The molecule has 0 saturated carbocycles. The predicted molar refractivity (Wildman–Crippen MR) is 92.9 cm³/mol. The summed E-state index contributed by atoms with van der Waals surface area (Å²) >= 11 is 0. The first-order chi connectivity index (χ1) is 10.6. The topological polar surface area (TPSA) is 129 Å². The Labute approximate surface area is 129 Å². The van der Waals surface area contributed by atoms with Gasteiger partial charge in [0.1, 0.15) is 11.7 Å². The highest BCUT2D eigenvalue weighted by atomic mass is 14.9. The van der Waals surface area contributed by atoms with Crippen LogP contribution in [0.2, 0.25) is 0 Å². The number of benzene rings is 2. The Balaban J connectivity index is 1.95. The fourth-order valence-corrected chi connectivity index (χ4v) is 1.92. The van der Waals surface area contributed by atoms with E-state index in [-0.39, 0.29) is 0 Å². The number of rotatable bonds is 5. The van der Waals surface area contributed by atoms with Crippen molar-refractivity contribution in [2.45, 2.75) is 0 Å². The summed E-state index contributed by atoms with van der Waals surface area (Å²) < 4.78 is 0. The zero-order chi connectivity index (χ0) is 15.9. The van der Waals surface area contributed by atoms with Crippen molar-refractivity contribution < 1.29 is 0 Å². The maximum absolute atomic E-state index is 5.91. The van der Waals surface area contributed by atoms with Gasteiger partial charge in [-0.3, -0.25) is 9.98 Å². The molecule has 0 spiro atoms. The minimum absolute atomic E-state index is 0.435. The summed E-state index contributed by atoms with van der Waals surface area (Å²) in [5.74, 6) is 0.870. The molecule has 22 heavy (non-hydrogen) atoms. The van der Waals surface area contributed by atoms with Crippen molar-refractivity contribution >= 4 is 23.0 Å². The van der Waals surface area contributed by atoms with Crippen LogP contribution in [0.15, 0.2) is 58.5 Å². The van der Waals surface area contributed by atoms with Gasteiger partial charge in [-0.25, -0.2) is 0 Å². The van der Waals surface area contributed by atoms with Crippen molar-refractivity contribution in [2.24, 2.45) is 21.5 Å². The van der Waals surface area contributed by atoms with Crippen LogP contribution in [0.25, 0.3) is 0 Å². The summed E-state index contributed by atoms with van der Waals surface area (Å²) in [6.45, 7) is 0.896. The predicted octanol–water partition coefficient (Wildman–Crippen LogP) is 0.962. The first-order valence-corrected chi connectivity index (χ1v) is 6.88. The van der Waals surface area contributed by atoms with E-state index in [9.17, 15) is 0 Å². The van der Waals surface area contributed by atoms with E-state index in [1.807, 2.05) is 24.3 Å². The number of nitrogen functional groups attached to an aromatic ring is 2. The lowest BCUT2D eigenvalue weighted by atomic mass is 10.2. The lowest BCUT2D eigenvalue weighted by Gasteiger charge is -2.03. The van der Waals surface area contributed by atoms with Gasteiger partial charge in [0, 0.05) is 22.5 Å². The second-order valence-corrected chi connectivity index (χ2v) is 4.78. The molecule has 0 amide bonds. The van der Waals surface area contributed by atoms with Crippen LogP contribution >= 0.6 is 0 Å². The Bertz CT molecular complexity index is 644. The van der Waals surface area contributed by atoms with Crippen LogP contribution in [-0.2, 0) is 0 Å². The number of nitrogens with zero attached hydrogens (tertiary/aromatic N) is 2. The summed E-state index contributed by atoms with van der Waals surface area (Å²) in [7, 11) is 0. The lowest BCUT2D eigenvalue weighted by Crippen LogP contribution is -2.16. The van der Waals surface area contributed by atoms with E-state index in [2.05, 4.69) is 9.98 Å². The van der Waals surface area contributed by atoms with Gasteiger partial charge < -0.3 is 22.9 Å². The third kappa shape index (κ3) is 4.24. The monoisotopic (exact) mass is 296 g/mol. The number of aliphatic imine (C=N–C) groups is 2. The van der Waals surface area contributed by atoms with Crippen LogP contribution in [-0.4, -0.2) is 24.8 Å².